The Bertz CT molecular complexity index is 1210. The van der Waals surface area contributed by atoms with Crippen molar-refractivity contribution in [3.63, 3.8) is 0 Å². The van der Waals surface area contributed by atoms with E-state index in [0.29, 0.717) is 12.6 Å². The van der Waals surface area contributed by atoms with Crippen LogP contribution in [-0.2, 0) is 20.2 Å². The number of oxazole rings is 1. The molecule has 2 N–H and O–H groups in total. The van der Waals surface area contributed by atoms with Crippen LogP contribution in [-0.4, -0.2) is 45.0 Å². The summed E-state index contributed by atoms with van der Waals surface area (Å²) in [6.07, 6.45) is 1.98. The number of para-hydroxylation sites is 2. The normalized spacial score (nSPS) is 16.8. The average Bonchev–Trinajstić information content (AvgIpc) is 3.43. The first-order valence-electron chi connectivity index (χ1n) is 11.6. The summed E-state index contributed by atoms with van der Waals surface area (Å²) >= 11 is 0. The summed E-state index contributed by atoms with van der Waals surface area (Å²) in [5.74, 6) is -0.199. The molecule has 2 heterocycles. The van der Waals surface area contributed by atoms with E-state index in [9.17, 15) is 13.2 Å². The predicted octanol–water partition coefficient (Wildman–Crippen LogP) is 3.58. The van der Waals surface area contributed by atoms with E-state index < -0.39 is 10.0 Å². The number of aromatic nitrogens is 1. The molecule has 1 saturated heterocycles. The summed E-state index contributed by atoms with van der Waals surface area (Å²) in [4.78, 5) is 19.2. The highest BCUT2D eigenvalue weighted by Crippen LogP contribution is 2.28. The number of sulfonamides is 1. The van der Waals surface area contributed by atoms with E-state index in [-0.39, 0.29) is 35.2 Å². The van der Waals surface area contributed by atoms with Crippen LogP contribution in [0.15, 0.2) is 57.8 Å². The fourth-order valence-corrected chi connectivity index (χ4v) is 5.15. The molecule has 1 fully saturated rings. The van der Waals surface area contributed by atoms with Gasteiger partial charge >= 0.3 is 0 Å². The van der Waals surface area contributed by atoms with Gasteiger partial charge in [0.2, 0.25) is 15.9 Å². The first kappa shape index (κ1) is 24.2. The van der Waals surface area contributed by atoms with Gasteiger partial charge in [0.25, 0.3) is 6.01 Å². The molecule has 0 saturated carbocycles. The summed E-state index contributed by atoms with van der Waals surface area (Å²) < 4.78 is 33.5. The molecule has 1 aliphatic rings. The van der Waals surface area contributed by atoms with Crippen LogP contribution in [0.4, 0.5) is 6.01 Å². The lowest BCUT2D eigenvalue weighted by Crippen LogP contribution is -2.41. The Labute approximate surface area is 200 Å². The topological polar surface area (TPSA) is 105 Å². The van der Waals surface area contributed by atoms with E-state index in [1.807, 2.05) is 36.4 Å². The van der Waals surface area contributed by atoms with Crippen LogP contribution in [0.2, 0.25) is 0 Å². The van der Waals surface area contributed by atoms with Gasteiger partial charge in [0, 0.05) is 26.1 Å². The van der Waals surface area contributed by atoms with Gasteiger partial charge in [0.1, 0.15) is 5.52 Å². The minimum atomic E-state index is -3.67. The third-order valence-electron chi connectivity index (χ3n) is 6.12. The lowest BCUT2D eigenvalue weighted by atomic mass is 9.87. The molecule has 1 unspecified atom stereocenters. The zero-order chi connectivity index (χ0) is 24.3. The molecule has 0 aliphatic carbocycles. The van der Waals surface area contributed by atoms with Crippen molar-refractivity contribution in [2.75, 3.05) is 24.5 Å². The van der Waals surface area contributed by atoms with E-state index in [0.717, 1.165) is 36.0 Å². The van der Waals surface area contributed by atoms with Crippen LogP contribution in [0.5, 0.6) is 0 Å². The van der Waals surface area contributed by atoms with Gasteiger partial charge in [0.15, 0.2) is 5.58 Å². The smallest absolute Gasteiger partial charge is 0.298 e. The minimum Gasteiger partial charge on any atom is -0.423 e. The van der Waals surface area contributed by atoms with Crippen molar-refractivity contribution >= 4 is 33.0 Å². The molecule has 182 valence electrons. The average molecular weight is 485 g/mol. The standard InChI is InChI=1S/C25H32N4O4S/c1-25(2,3)18-10-12-20(13-11-18)34(31,32)27-15-14-23(30)26-17-19-7-6-16-29(19)24-28-21-8-4-5-9-22(21)33-24/h4-5,8-13,19,27H,6-7,14-17H2,1-3H3,(H,26,30). The van der Waals surface area contributed by atoms with Crippen molar-refractivity contribution in [3.05, 3.63) is 54.1 Å². The zero-order valence-electron chi connectivity index (χ0n) is 19.9. The van der Waals surface area contributed by atoms with Crippen molar-refractivity contribution in [1.29, 1.82) is 0 Å². The Morgan fingerprint density at radius 2 is 1.88 bits per heavy atom. The molecule has 1 amide bonds. The maximum atomic E-state index is 12.5. The van der Waals surface area contributed by atoms with E-state index >= 15 is 0 Å². The quantitative estimate of drug-likeness (QED) is 0.506. The first-order chi connectivity index (χ1) is 16.1. The van der Waals surface area contributed by atoms with E-state index in [1.54, 1.807) is 12.1 Å². The van der Waals surface area contributed by atoms with Gasteiger partial charge in [-0.2, -0.15) is 4.98 Å². The van der Waals surface area contributed by atoms with E-state index in [2.05, 4.69) is 40.7 Å². The highest BCUT2D eigenvalue weighted by molar-refractivity contribution is 7.89. The molecule has 1 atom stereocenters. The third kappa shape index (κ3) is 5.59. The SMILES string of the molecule is CC(C)(C)c1ccc(S(=O)(=O)NCCC(=O)NCC2CCCN2c2nc3ccccc3o2)cc1. The molecular formula is C25H32N4O4S. The minimum absolute atomic E-state index is 0.0364. The summed E-state index contributed by atoms with van der Waals surface area (Å²) in [7, 11) is -3.67. The monoisotopic (exact) mass is 484 g/mol. The van der Waals surface area contributed by atoms with Gasteiger partial charge in [-0.3, -0.25) is 4.79 Å². The number of amides is 1. The molecule has 4 rings (SSSR count). The lowest BCUT2D eigenvalue weighted by Gasteiger charge is -2.23. The van der Waals surface area contributed by atoms with Crippen LogP contribution in [0, 0.1) is 0 Å². The Morgan fingerprint density at radius 3 is 2.59 bits per heavy atom. The second-order valence-electron chi connectivity index (χ2n) is 9.68. The van der Waals surface area contributed by atoms with Gasteiger partial charge in [-0.25, -0.2) is 13.1 Å². The third-order valence-corrected chi connectivity index (χ3v) is 7.59. The molecule has 0 spiro atoms. The van der Waals surface area contributed by atoms with Crippen LogP contribution < -0.4 is 14.9 Å². The zero-order valence-corrected chi connectivity index (χ0v) is 20.7. The summed E-state index contributed by atoms with van der Waals surface area (Å²) in [5.41, 5.74) is 2.56. The molecule has 9 heteroatoms. The van der Waals surface area contributed by atoms with Crippen LogP contribution in [0.3, 0.4) is 0 Å². The lowest BCUT2D eigenvalue weighted by molar-refractivity contribution is -0.120. The van der Waals surface area contributed by atoms with E-state index in [1.165, 1.54) is 0 Å². The van der Waals surface area contributed by atoms with Crippen molar-refractivity contribution in [1.82, 2.24) is 15.0 Å². The number of fused-ring (bicyclic) bond motifs is 1. The molecular weight excluding hydrogens is 452 g/mol. The number of carbonyl (C=O) groups is 1. The molecule has 0 bridgehead atoms. The van der Waals surface area contributed by atoms with E-state index in [4.69, 9.17) is 4.42 Å². The van der Waals surface area contributed by atoms with Gasteiger partial charge in [-0.15, -0.1) is 0 Å². The number of anilines is 1. The number of rotatable bonds is 8. The summed E-state index contributed by atoms with van der Waals surface area (Å²) in [6.45, 7) is 7.54. The second-order valence-corrected chi connectivity index (χ2v) is 11.4. The van der Waals surface area contributed by atoms with Gasteiger partial charge in [0.05, 0.1) is 10.9 Å². The maximum Gasteiger partial charge on any atom is 0.298 e. The highest BCUT2D eigenvalue weighted by Gasteiger charge is 2.28. The molecule has 34 heavy (non-hydrogen) atoms. The van der Waals surface area contributed by atoms with Crippen molar-refractivity contribution in [2.24, 2.45) is 0 Å². The number of nitrogens with zero attached hydrogens (tertiary/aromatic N) is 2. The Hall–Kier alpha value is -2.91. The molecule has 1 aromatic heterocycles. The number of hydrogen-bond acceptors (Lipinski definition) is 6. The molecule has 2 aromatic carbocycles. The predicted molar refractivity (Wildman–Crippen MR) is 132 cm³/mol. The van der Waals surface area contributed by atoms with Crippen LogP contribution in [0.1, 0.15) is 45.6 Å². The largest absolute Gasteiger partial charge is 0.423 e. The Morgan fingerprint density at radius 1 is 1.15 bits per heavy atom. The first-order valence-corrected chi connectivity index (χ1v) is 13.1. The summed E-state index contributed by atoms with van der Waals surface area (Å²) in [6, 6.07) is 15.1. The number of carbonyl (C=O) groups excluding carboxylic acids is 1. The Balaban J connectivity index is 1.26. The van der Waals surface area contributed by atoms with Crippen molar-refractivity contribution in [2.45, 2.75) is 56.4 Å². The van der Waals surface area contributed by atoms with Gasteiger partial charge < -0.3 is 14.6 Å². The molecule has 1 aliphatic heterocycles. The van der Waals surface area contributed by atoms with Gasteiger partial charge in [-0.05, 0) is 48.1 Å². The van der Waals surface area contributed by atoms with Crippen molar-refractivity contribution in [3.8, 4) is 0 Å². The summed E-state index contributed by atoms with van der Waals surface area (Å²) in [5, 5.41) is 2.92. The number of nitrogens with one attached hydrogen (secondary N) is 2. The van der Waals surface area contributed by atoms with Gasteiger partial charge in [-0.1, -0.05) is 45.0 Å². The van der Waals surface area contributed by atoms with Crippen LogP contribution in [0.25, 0.3) is 11.1 Å². The molecule has 8 nitrogen and oxygen atoms in total. The number of hydrogen-bond donors (Lipinski definition) is 2. The second kappa shape index (κ2) is 9.76. The fraction of sp³-hybridized carbons (Fsp3) is 0.440. The number of benzene rings is 2. The fourth-order valence-electron chi connectivity index (χ4n) is 4.12. The Kier molecular flexibility index (Phi) is 6.95. The van der Waals surface area contributed by atoms with Crippen molar-refractivity contribution < 1.29 is 17.6 Å². The van der Waals surface area contributed by atoms with Crippen LogP contribution >= 0.6 is 0 Å². The molecule has 0 radical (unpaired) electrons. The molecule has 3 aromatic rings. The highest BCUT2D eigenvalue weighted by atomic mass is 32.2. The maximum absolute atomic E-state index is 12.5.